The molecule has 2 rings (SSSR count). The molecule has 0 unspecified atom stereocenters. The van der Waals surface area contributed by atoms with Crippen molar-refractivity contribution in [1.82, 2.24) is 9.73 Å². The molecule has 2 heterocycles. The minimum atomic E-state index is -3.25. The third-order valence-corrected chi connectivity index (χ3v) is 4.43. The van der Waals surface area contributed by atoms with Gasteiger partial charge in [-0.3, -0.25) is 4.79 Å². The first-order valence-corrected chi connectivity index (χ1v) is 8.12. The van der Waals surface area contributed by atoms with E-state index < -0.39 is 10.0 Å². The van der Waals surface area contributed by atoms with Gasteiger partial charge in [-0.2, -0.15) is 5.10 Å². The highest BCUT2D eigenvalue weighted by atomic mass is 32.2. The monoisotopic (exact) mass is 299 g/mol. The molecule has 0 aliphatic carbocycles. The van der Waals surface area contributed by atoms with E-state index in [9.17, 15) is 13.2 Å². The molecule has 7 nitrogen and oxygen atoms in total. The molecule has 110 valence electrons. The molecule has 0 radical (unpaired) electrons. The number of carbonyl (C=O) groups is 1. The van der Waals surface area contributed by atoms with Crippen LogP contribution in [0.2, 0.25) is 0 Å². The summed E-state index contributed by atoms with van der Waals surface area (Å²) in [7, 11) is -3.25. The van der Waals surface area contributed by atoms with Crippen molar-refractivity contribution in [3.05, 3.63) is 24.2 Å². The normalized spacial score (nSPS) is 21.1. The summed E-state index contributed by atoms with van der Waals surface area (Å²) in [5.41, 5.74) is 3.17. The van der Waals surface area contributed by atoms with E-state index in [1.807, 2.05) is 0 Å². The van der Waals surface area contributed by atoms with Crippen LogP contribution in [0.1, 0.15) is 18.4 Å². The van der Waals surface area contributed by atoms with Crippen LogP contribution in [0.15, 0.2) is 28.1 Å². The van der Waals surface area contributed by atoms with Crippen LogP contribution in [-0.4, -0.2) is 44.2 Å². The second-order valence-electron chi connectivity index (χ2n) is 4.75. The Hall–Kier alpha value is -1.67. The lowest BCUT2D eigenvalue weighted by molar-refractivity contribution is -0.126. The second kappa shape index (κ2) is 6.19. The molecule has 1 aromatic heterocycles. The van der Waals surface area contributed by atoms with Gasteiger partial charge in [0.2, 0.25) is 15.9 Å². The quantitative estimate of drug-likeness (QED) is 0.643. The number of carbonyl (C=O) groups excluding carboxylic acids is 1. The first-order chi connectivity index (χ1) is 9.47. The summed E-state index contributed by atoms with van der Waals surface area (Å²) in [5, 5.41) is 3.82. The van der Waals surface area contributed by atoms with E-state index >= 15 is 0 Å². The van der Waals surface area contributed by atoms with Gasteiger partial charge in [0, 0.05) is 18.7 Å². The van der Waals surface area contributed by atoms with Crippen LogP contribution < -0.4 is 5.43 Å². The van der Waals surface area contributed by atoms with Crippen LogP contribution >= 0.6 is 0 Å². The zero-order chi connectivity index (χ0) is 14.6. The number of nitrogens with one attached hydrogen (secondary N) is 1. The second-order valence-corrected chi connectivity index (χ2v) is 6.73. The van der Waals surface area contributed by atoms with Gasteiger partial charge in [-0.25, -0.2) is 18.1 Å². The van der Waals surface area contributed by atoms with Gasteiger partial charge in [-0.1, -0.05) is 0 Å². The first kappa shape index (κ1) is 14.7. The molecule has 1 amide bonds. The number of sulfonamides is 1. The SMILES string of the molecule is CS(=O)(=O)N1CCC[C@@H](C(=O)N/N=C\c2ccoc2)C1. The van der Waals surface area contributed by atoms with Crippen LogP contribution in [0, 0.1) is 5.92 Å². The minimum Gasteiger partial charge on any atom is -0.472 e. The first-order valence-electron chi connectivity index (χ1n) is 6.27. The van der Waals surface area contributed by atoms with Gasteiger partial charge in [-0.05, 0) is 18.9 Å². The van der Waals surface area contributed by atoms with Crippen molar-refractivity contribution < 1.29 is 17.6 Å². The molecule has 20 heavy (non-hydrogen) atoms. The van der Waals surface area contributed by atoms with Crippen molar-refractivity contribution in [1.29, 1.82) is 0 Å². The summed E-state index contributed by atoms with van der Waals surface area (Å²) in [6.45, 7) is 0.687. The molecule has 1 fully saturated rings. The molecule has 0 aromatic carbocycles. The lowest BCUT2D eigenvalue weighted by Crippen LogP contribution is -2.44. The molecular formula is C12H17N3O4S. The summed E-state index contributed by atoms with van der Waals surface area (Å²) in [6, 6.07) is 1.71. The van der Waals surface area contributed by atoms with Gasteiger partial charge in [0.25, 0.3) is 0 Å². The Labute approximate surface area is 117 Å². The van der Waals surface area contributed by atoms with Crippen LogP contribution in [0.4, 0.5) is 0 Å². The van der Waals surface area contributed by atoms with Crippen molar-refractivity contribution >= 4 is 22.1 Å². The minimum absolute atomic E-state index is 0.214. The fourth-order valence-electron chi connectivity index (χ4n) is 2.07. The average molecular weight is 299 g/mol. The largest absolute Gasteiger partial charge is 0.472 e. The predicted octanol–water partition coefficient (Wildman–Crippen LogP) is 0.401. The molecule has 1 aliphatic rings. The average Bonchev–Trinajstić information content (AvgIpc) is 2.91. The highest BCUT2D eigenvalue weighted by Gasteiger charge is 2.29. The fourth-order valence-corrected chi connectivity index (χ4v) is 2.98. The highest BCUT2D eigenvalue weighted by Crippen LogP contribution is 2.18. The zero-order valence-electron chi connectivity index (χ0n) is 11.2. The summed E-state index contributed by atoms with van der Waals surface area (Å²) in [5.74, 6) is -0.627. The Balaban J connectivity index is 1.89. The summed E-state index contributed by atoms with van der Waals surface area (Å²) in [4.78, 5) is 11.9. The Bertz CT molecular complexity index is 580. The maximum Gasteiger partial charge on any atom is 0.244 e. The van der Waals surface area contributed by atoms with Crippen molar-refractivity contribution in [2.75, 3.05) is 19.3 Å². The van der Waals surface area contributed by atoms with E-state index in [-0.39, 0.29) is 18.4 Å². The van der Waals surface area contributed by atoms with E-state index in [4.69, 9.17) is 4.42 Å². The van der Waals surface area contributed by atoms with Gasteiger partial charge < -0.3 is 4.42 Å². The molecule has 0 spiro atoms. The molecule has 1 aromatic rings. The zero-order valence-corrected chi connectivity index (χ0v) is 12.0. The molecular weight excluding hydrogens is 282 g/mol. The highest BCUT2D eigenvalue weighted by molar-refractivity contribution is 7.88. The number of amides is 1. The molecule has 1 saturated heterocycles. The molecule has 1 N–H and O–H groups in total. The Kier molecular flexibility index (Phi) is 4.56. The van der Waals surface area contributed by atoms with E-state index in [1.165, 1.54) is 23.0 Å². The third-order valence-electron chi connectivity index (χ3n) is 3.16. The van der Waals surface area contributed by atoms with Crippen LogP contribution in [0.3, 0.4) is 0 Å². The van der Waals surface area contributed by atoms with E-state index in [2.05, 4.69) is 10.5 Å². The topological polar surface area (TPSA) is 92.0 Å². The fraction of sp³-hybridized carbons (Fsp3) is 0.500. The van der Waals surface area contributed by atoms with Gasteiger partial charge in [0.05, 0.1) is 30.9 Å². The molecule has 0 saturated carbocycles. The maximum atomic E-state index is 11.9. The van der Waals surface area contributed by atoms with Crippen LogP contribution in [-0.2, 0) is 14.8 Å². The van der Waals surface area contributed by atoms with Crippen molar-refractivity contribution in [3.8, 4) is 0 Å². The summed E-state index contributed by atoms with van der Waals surface area (Å²) < 4.78 is 29.2. The Morgan fingerprint density at radius 2 is 2.40 bits per heavy atom. The van der Waals surface area contributed by atoms with Crippen LogP contribution in [0.25, 0.3) is 0 Å². The molecule has 1 atom stereocenters. The number of nitrogens with zero attached hydrogens (tertiary/aromatic N) is 2. The van der Waals surface area contributed by atoms with Crippen molar-refractivity contribution in [2.45, 2.75) is 12.8 Å². The van der Waals surface area contributed by atoms with E-state index in [0.29, 0.717) is 19.4 Å². The molecule has 0 bridgehead atoms. The van der Waals surface area contributed by atoms with Gasteiger partial charge in [0.15, 0.2) is 0 Å². The molecule has 8 heteroatoms. The number of piperidine rings is 1. The molecule has 1 aliphatic heterocycles. The van der Waals surface area contributed by atoms with Gasteiger partial charge in [0.1, 0.15) is 0 Å². The smallest absolute Gasteiger partial charge is 0.244 e. The van der Waals surface area contributed by atoms with E-state index in [1.54, 1.807) is 6.07 Å². The van der Waals surface area contributed by atoms with Crippen LogP contribution in [0.5, 0.6) is 0 Å². The number of furan rings is 1. The van der Waals surface area contributed by atoms with E-state index in [0.717, 1.165) is 11.8 Å². The number of rotatable bonds is 4. The number of hydrogen-bond acceptors (Lipinski definition) is 5. The summed E-state index contributed by atoms with van der Waals surface area (Å²) in [6.07, 6.45) is 6.98. The summed E-state index contributed by atoms with van der Waals surface area (Å²) >= 11 is 0. The maximum absolute atomic E-state index is 11.9. The third kappa shape index (κ3) is 3.91. The van der Waals surface area contributed by atoms with Crippen molar-refractivity contribution in [3.63, 3.8) is 0 Å². The Morgan fingerprint density at radius 3 is 3.05 bits per heavy atom. The number of hydrogen-bond donors (Lipinski definition) is 1. The Morgan fingerprint density at radius 1 is 1.60 bits per heavy atom. The van der Waals surface area contributed by atoms with Gasteiger partial charge >= 0.3 is 0 Å². The standard InChI is InChI=1S/C12H17N3O4S/c1-20(17,18)15-5-2-3-11(8-15)12(16)14-13-7-10-4-6-19-9-10/h4,6-7,9,11H,2-3,5,8H2,1H3,(H,14,16)/b13-7-/t11-/m1/s1. The predicted molar refractivity (Wildman–Crippen MR) is 73.6 cm³/mol. The lowest BCUT2D eigenvalue weighted by atomic mass is 9.99. The van der Waals surface area contributed by atoms with Crippen molar-refractivity contribution in [2.24, 2.45) is 11.0 Å². The number of hydrazone groups is 1. The lowest BCUT2D eigenvalue weighted by Gasteiger charge is -2.29. The van der Waals surface area contributed by atoms with Gasteiger partial charge in [-0.15, -0.1) is 0 Å².